The Morgan fingerprint density at radius 1 is 1.08 bits per heavy atom. The largest absolute Gasteiger partial charge is 0.379 e. The molecule has 2 aromatic rings. The zero-order valence-electron chi connectivity index (χ0n) is 14.2. The van der Waals surface area contributed by atoms with Crippen LogP contribution in [0.1, 0.15) is 22.0 Å². The van der Waals surface area contributed by atoms with E-state index in [1.807, 2.05) is 18.2 Å². The number of hydrogen-bond acceptors (Lipinski definition) is 4. The zero-order chi connectivity index (χ0) is 17.5. The van der Waals surface area contributed by atoms with Gasteiger partial charge < -0.3 is 10.1 Å². The fraction of sp³-hybridized carbons (Fsp3) is 0.350. The van der Waals surface area contributed by atoms with Crippen molar-refractivity contribution >= 4 is 5.78 Å². The molecule has 0 bridgehead atoms. The summed E-state index contributed by atoms with van der Waals surface area (Å²) in [4.78, 5) is 14.6. The van der Waals surface area contributed by atoms with Crippen LogP contribution in [-0.4, -0.2) is 50.1 Å². The van der Waals surface area contributed by atoms with Gasteiger partial charge in [-0.3, -0.25) is 9.69 Å². The maximum atomic E-state index is 13.0. The lowest BCUT2D eigenvalue weighted by Crippen LogP contribution is -2.43. The average molecular weight is 342 g/mol. The van der Waals surface area contributed by atoms with Gasteiger partial charge in [-0.1, -0.05) is 30.3 Å². The molecule has 1 aliphatic rings. The normalized spacial score (nSPS) is 16.5. The van der Waals surface area contributed by atoms with Crippen LogP contribution in [0.15, 0.2) is 54.6 Å². The molecule has 3 rings (SSSR count). The molecule has 0 aliphatic carbocycles. The SMILES string of the molecule is O=C(CNCC(c1ccccc1)N1CCOCC1)c1ccc(F)cc1. The Morgan fingerprint density at radius 2 is 1.76 bits per heavy atom. The minimum Gasteiger partial charge on any atom is -0.379 e. The summed E-state index contributed by atoms with van der Waals surface area (Å²) in [6.45, 7) is 4.15. The standard InChI is InChI=1S/C20H23FN2O2/c21-18-8-6-17(7-9-18)20(24)15-22-14-19(16-4-2-1-3-5-16)23-10-12-25-13-11-23/h1-9,19,22H,10-15H2. The summed E-state index contributed by atoms with van der Waals surface area (Å²) in [6, 6.07) is 16.2. The highest BCUT2D eigenvalue weighted by Crippen LogP contribution is 2.21. The first-order chi connectivity index (χ1) is 12.2. The van der Waals surface area contributed by atoms with Crippen molar-refractivity contribution < 1.29 is 13.9 Å². The Kier molecular flexibility index (Phi) is 6.28. The summed E-state index contributed by atoms with van der Waals surface area (Å²) in [5, 5.41) is 3.27. The number of ketones is 1. The zero-order valence-corrected chi connectivity index (χ0v) is 14.2. The number of carbonyl (C=O) groups excluding carboxylic acids is 1. The summed E-state index contributed by atoms with van der Waals surface area (Å²) in [5.41, 5.74) is 1.75. The van der Waals surface area contributed by atoms with E-state index in [0.29, 0.717) is 12.1 Å². The Bertz CT molecular complexity index is 670. The summed E-state index contributed by atoms with van der Waals surface area (Å²) in [6.07, 6.45) is 0. The molecule has 1 N–H and O–H groups in total. The second kappa shape index (κ2) is 8.85. The van der Waals surface area contributed by atoms with Crippen LogP contribution in [0, 0.1) is 5.82 Å². The number of hydrogen-bond donors (Lipinski definition) is 1. The van der Waals surface area contributed by atoms with E-state index in [0.717, 1.165) is 26.3 Å². The Hall–Kier alpha value is -2.08. The topological polar surface area (TPSA) is 41.6 Å². The molecule has 0 amide bonds. The first-order valence-corrected chi connectivity index (χ1v) is 8.60. The number of ether oxygens (including phenoxy) is 1. The van der Waals surface area contributed by atoms with Crippen LogP contribution in [0.2, 0.25) is 0 Å². The highest BCUT2D eigenvalue weighted by Gasteiger charge is 2.22. The number of carbonyl (C=O) groups is 1. The number of nitrogens with zero attached hydrogens (tertiary/aromatic N) is 1. The van der Waals surface area contributed by atoms with Gasteiger partial charge in [0.1, 0.15) is 5.82 Å². The van der Waals surface area contributed by atoms with E-state index in [2.05, 4.69) is 22.3 Å². The highest BCUT2D eigenvalue weighted by molar-refractivity contribution is 5.97. The monoisotopic (exact) mass is 342 g/mol. The van der Waals surface area contributed by atoms with Crippen molar-refractivity contribution in [2.24, 2.45) is 0 Å². The van der Waals surface area contributed by atoms with Gasteiger partial charge in [0.25, 0.3) is 0 Å². The third kappa shape index (κ3) is 4.95. The molecule has 0 radical (unpaired) electrons. The molecule has 1 saturated heterocycles. The molecule has 1 unspecified atom stereocenters. The van der Waals surface area contributed by atoms with Gasteiger partial charge in [0, 0.05) is 31.2 Å². The molecule has 2 aromatic carbocycles. The number of rotatable bonds is 7. The molecular weight excluding hydrogens is 319 g/mol. The lowest BCUT2D eigenvalue weighted by Gasteiger charge is -2.35. The van der Waals surface area contributed by atoms with Crippen LogP contribution in [0.25, 0.3) is 0 Å². The molecule has 0 spiro atoms. The van der Waals surface area contributed by atoms with Crippen molar-refractivity contribution in [3.63, 3.8) is 0 Å². The van der Waals surface area contributed by atoms with Gasteiger partial charge in [-0.2, -0.15) is 0 Å². The third-order valence-corrected chi connectivity index (χ3v) is 4.46. The fourth-order valence-corrected chi connectivity index (χ4v) is 3.08. The van der Waals surface area contributed by atoms with E-state index >= 15 is 0 Å². The first-order valence-electron chi connectivity index (χ1n) is 8.60. The van der Waals surface area contributed by atoms with Crippen molar-refractivity contribution in [2.45, 2.75) is 6.04 Å². The average Bonchev–Trinajstić information content (AvgIpc) is 2.67. The quantitative estimate of drug-likeness (QED) is 0.786. The minimum absolute atomic E-state index is 0.0335. The summed E-state index contributed by atoms with van der Waals surface area (Å²) in [5.74, 6) is -0.366. The van der Waals surface area contributed by atoms with Crippen molar-refractivity contribution in [1.29, 1.82) is 0 Å². The van der Waals surface area contributed by atoms with Crippen LogP contribution in [0.3, 0.4) is 0 Å². The van der Waals surface area contributed by atoms with E-state index in [9.17, 15) is 9.18 Å². The van der Waals surface area contributed by atoms with Gasteiger partial charge in [-0.05, 0) is 29.8 Å². The van der Waals surface area contributed by atoms with Gasteiger partial charge in [-0.15, -0.1) is 0 Å². The molecule has 0 aromatic heterocycles. The molecule has 1 heterocycles. The van der Waals surface area contributed by atoms with Crippen LogP contribution in [0.5, 0.6) is 0 Å². The van der Waals surface area contributed by atoms with Crippen LogP contribution in [0.4, 0.5) is 4.39 Å². The first kappa shape index (κ1) is 17.7. The second-order valence-corrected chi connectivity index (χ2v) is 6.14. The lowest BCUT2D eigenvalue weighted by molar-refractivity contribution is 0.0162. The second-order valence-electron chi connectivity index (χ2n) is 6.14. The van der Waals surface area contributed by atoms with E-state index in [-0.39, 0.29) is 24.2 Å². The van der Waals surface area contributed by atoms with Crippen molar-refractivity contribution in [2.75, 3.05) is 39.4 Å². The lowest BCUT2D eigenvalue weighted by atomic mass is 10.0. The molecule has 132 valence electrons. The highest BCUT2D eigenvalue weighted by atomic mass is 19.1. The van der Waals surface area contributed by atoms with Crippen LogP contribution in [-0.2, 0) is 4.74 Å². The summed E-state index contributed by atoms with van der Waals surface area (Å²) < 4.78 is 18.4. The molecule has 4 nitrogen and oxygen atoms in total. The molecule has 1 atom stereocenters. The maximum absolute atomic E-state index is 13.0. The van der Waals surface area contributed by atoms with E-state index in [1.165, 1.54) is 29.8 Å². The van der Waals surface area contributed by atoms with Gasteiger partial charge >= 0.3 is 0 Å². The van der Waals surface area contributed by atoms with E-state index < -0.39 is 0 Å². The number of nitrogens with one attached hydrogen (secondary N) is 1. The van der Waals surface area contributed by atoms with Crippen LogP contribution >= 0.6 is 0 Å². The number of halogens is 1. The van der Waals surface area contributed by atoms with Crippen molar-refractivity contribution in [3.05, 3.63) is 71.5 Å². The molecule has 1 fully saturated rings. The number of morpholine rings is 1. The molecule has 5 heteroatoms. The third-order valence-electron chi connectivity index (χ3n) is 4.46. The smallest absolute Gasteiger partial charge is 0.176 e. The van der Waals surface area contributed by atoms with E-state index in [1.54, 1.807) is 0 Å². The maximum Gasteiger partial charge on any atom is 0.176 e. The van der Waals surface area contributed by atoms with Crippen LogP contribution < -0.4 is 5.32 Å². The fourth-order valence-electron chi connectivity index (χ4n) is 3.08. The van der Waals surface area contributed by atoms with Gasteiger partial charge in [0.05, 0.1) is 19.8 Å². The predicted octanol–water partition coefficient (Wildman–Crippen LogP) is 2.67. The number of benzene rings is 2. The molecule has 0 saturated carbocycles. The Morgan fingerprint density at radius 3 is 2.44 bits per heavy atom. The van der Waals surface area contributed by atoms with Gasteiger partial charge in [0.2, 0.25) is 0 Å². The van der Waals surface area contributed by atoms with Crippen molar-refractivity contribution in [1.82, 2.24) is 10.2 Å². The Labute approximate surface area is 147 Å². The molecular formula is C20H23FN2O2. The van der Waals surface area contributed by atoms with Gasteiger partial charge in [-0.25, -0.2) is 4.39 Å². The summed E-state index contributed by atoms with van der Waals surface area (Å²) >= 11 is 0. The Balaban J connectivity index is 1.60. The van der Waals surface area contributed by atoms with E-state index in [4.69, 9.17) is 4.74 Å². The number of Topliss-reactive ketones (excluding diaryl/α,β-unsaturated/α-hetero) is 1. The molecule has 1 aliphatic heterocycles. The van der Waals surface area contributed by atoms with Gasteiger partial charge in [0.15, 0.2) is 5.78 Å². The molecule has 25 heavy (non-hydrogen) atoms. The predicted molar refractivity (Wildman–Crippen MR) is 95.2 cm³/mol. The summed E-state index contributed by atoms with van der Waals surface area (Å²) in [7, 11) is 0. The minimum atomic E-state index is -0.332. The van der Waals surface area contributed by atoms with Crippen molar-refractivity contribution in [3.8, 4) is 0 Å².